The zero-order chi connectivity index (χ0) is 27.0. The van der Waals surface area contributed by atoms with Gasteiger partial charge in [0.15, 0.2) is 30.3 Å². The third-order valence-electron chi connectivity index (χ3n) is 5.84. The van der Waals surface area contributed by atoms with Crippen LogP contribution in [0.15, 0.2) is 62.6 Å². The van der Waals surface area contributed by atoms with Gasteiger partial charge in [-0.1, -0.05) is 41.3 Å². The van der Waals surface area contributed by atoms with Crippen LogP contribution in [0.5, 0.6) is 11.5 Å². The number of benzene rings is 2. The highest BCUT2D eigenvalue weighted by Crippen LogP contribution is 2.38. The van der Waals surface area contributed by atoms with Gasteiger partial charge in [0.1, 0.15) is 16.7 Å². The lowest BCUT2D eigenvalue weighted by Gasteiger charge is -2.26. The molecule has 0 N–H and O–H groups in total. The molecular formula is C24H23F2N3O5S3. The summed E-state index contributed by atoms with van der Waals surface area (Å²) in [4.78, 5) is 21.6. The van der Waals surface area contributed by atoms with Crippen LogP contribution in [-0.2, 0) is 22.3 Å². The average Bonchev–Trinajstić information content (AvgIpc) is 3.34. The van der Waals surface area contributed by atoms with E-state index in [4.69, 9.17) is 9.47 Å². The highest BCUT2D eigenvalue weighted by Gasteiger charge is 2.50. The van der Waals surface area contributed by atoms with Crippen molar-refractivity contribution < 1.29 is 26.7 Å². The van der Waals surface area contributed by atoms with E-state index < -0.39 is 32.4 Å². The first-order chi connectivity index (χ1) is 17.5. The summed E-state index contributed by atoms with van der Waals surface area (Å²) in [7, 11) is -1.62. The van der Waals surface area contributed by atoms with E-state index in [9.17, 15) is 13.2 Å². The summed E-state index contributed by atoms with van der Waals surface area (Å²) in [6.07, 6.45) is 1.74. The van der Waals surface area contributed by atoms with Crippen LogP contribution in [0.4, 0.5) is 8.78 Å². The molecule has 0 aliphatic carbocycles. The lowest BCUT2D eigenvalue weighted by Crippen LogP contribution is -2.41. The SMILES string of the molecule is COc1ccc(Cn2c(C(F)(F)C(C)S(=O)(=O)c3ccccc3)nc3sc(SC)nc3c2=O)c(OC)c1. The Morgan fingerprint density at radius 3 is 2.43 bits per heavy atom. The number of nitrogens with zero attached hydrogens (tertiary/aromatic N) is 3. The molecule has 4 rings (SSSR count). The fourth-order valence-electron chi connectivity index (χ4n) is 3.72. The summed E-state index contributed by atoms with van der Waals surface area (Å²) in [5.74, 6) is -4.23. The molecule has 0 saturated carbocycles. The number of ether oxygens (including phenoxy) is 2. The summed E-state index contributed by atoms with van der Waals surface area (Å²) >= 11 is 2.23. The predicted molar refractivity (Wildman–Crippen MR) is 139 cm³/mol. The second kappa shape index (κ2) is 10.4. The second-order valence-corrected chi connectivity index (χ2v) is 12.3. The Balaban J connectivity index is 1.93. The number of hydrogen-bond acceptors (Lipinski definition) is 9. The molecular weight excluding hydrogens is 544 g/mol. The first kappa shape index (κ1) is 27.0. The maximum Gasteiger partial charge on any atom is 0.321 e. The zero-order valence-electron chi connectivity index (χ0n) is 20.3. The van der Waals surface area contributed by atoms with Crippen LogP contribution in [0.3, 0.4) is 0 Å². The summed E-state index contributed by atoms with van der Waals surface area (Å²) in [5.41, 5.74) is -0.485. The van der Waals surface area contributed by atoms with E-state index in [1.165, 1.54) is 50.2 Å². The number of rotatable bonds is 9. The number of thiazole rings is 1. The number of methoxy groups -OCH3 is 2. The molecule has 0 bridgehead atoms. The minimum atomic E-state index is -4.48. The lowest BCUT2D eigenvalue weighted by atomic mass is 10.1. The molecule has 0 fully saturated rings. The molecule has 2 aromatic heterocycles. The number of alkyl halides is 2. The summed E-state index contributed by atoms with van der Waals surface area (Å²) < 4.78 is 70.3. The van der Waals surface area contributed by atoms with Gasteiger partial charge in [-0.3, -0.25) is 9.36 Å². The molecule has 0 aliphatic rings. The highest BCUT2D eigenvalue weighted by molar-refractivity contribution is 8.00. The van der Waals surface area contributed by atoms with Gasteiger partial charge < -0.3 is 9.47 Å². The van der Waals surface area contributed by atoms with Gasteiger partial charge in [-0.15, -0.1) is 0 Å². The van der Waals surface area contributed by atoms with Crippen LogP contribution in [0, 0.1) is 0 Å². The van der Waals surface area contributed by atoms with E-state index in [0.29, 0.717) is 21.4 Å². The van der Waals surface area contributed by atoms with Gasteiger partial charge in [-0.05, 0) is 37.4 Å². The molecule has 8 nitrogen and oxygen atoms in total. The zero-order valence-corrected chi connectivity index (χ0v) is 22.7. The second-order valence-electron chi connectivity index (χ2n) is 7.97. The van der Waals surface area contributed by atoms with Crippen LogP contribution in [0.1, 0.15) is 18.3 Å². The van der Waals surface area contributed by atoms with Crippen LogP contribution >= 0.6 is 23.1 Å². The van der Waals surface area contributed by atoms with Gasteiger partial charge in [0.2, 0.25) is 0 Å². The maximum absolute atomic E-state index is 16.1. The van der Waals surface area contributed by atoms with Crippen LogP contribution in [0.25, 0.3) is 10.3 Å². The molecule has 37 heavy (non-hydrogen) atoms. The third kappa shape index (κ3) is 4.94. The normalized spacial score (nSPS) is 13.0. The van der Waals surface area contributed by atoms with Crippen LogP contribution in [0.2, 0.25) is 0 Å². The number of aromatic nitrogens is 3. The average molecular weight is 568 g/mol. The Labute approximate surface area is 220 Å². The van der Waals surface area contributed by atoms with Crippen molar-refractivity contribution >= 4 is 43.3 Å². The Hall–Kier alpha value is -3.03. The molecule has 1 atom stereocenters. The minimum absolute atomic E-state index is 0.00581. The van der Waals surface area contributed by atoms with Crippen LogP contribution in [-0.4, -0.2) is 48.7 Å². The van der Waals surface area contributed by atoms with E-state index in [1.807, 2.05) is 0 Å². The van der Waals surface area contributed by atoms with Crippen molar-refractivity contribution in [2.45, 2.75) is 33.9 Å². The topological polar surface area (TPSA) is 100 Å². The Morgan fingerprint density at radius 2 is 1.81 bits per heavy atom. The van der Waals surface area contributed by atoms with Gasteiger partial charge in [-0.25, -0.2) is 18.4 Å². The van der Waals surface area contributed by atoms with Gasteiger partial charge in [0.25, 0.3) is 5.56 Å². The molecule has 2 aromatic carbocycles. The molecule has 2 heterocycles. The van der Waals surface area contributed by atoms with Crippen molar-refractivity contribution in [3.8, 4) is 11.5 Å². The van der Waals surface area contributed by atoms with Crippen molar-refractivity contribution in [3.63, 3.8) is 0 Å². The van der Waals surface area contributed by atoms with Gasteiger partial charge in [0.05, 0.1) is 25.7 Å². The van der Waals surface area contributed by atoms with E-state index in [0.717, 1.165) is 22.8 Å². The number of thioether (sulfide) groups is 1. The summed E-state index contributed by atoms with van der Waals surface area (Å²) in [6.45, 7) is 0.557. The maximum atomic E-state index is 16.1. The van der Waals surface area contributed by atoms with Crippen molar-refractivity contribution in [2.75, 3.05) is 20.5 Å². The lowest BCUT2D eigenvalue weighted by molar-refractivity contribution is -0.0178. The predicted octanol–water partition coefficient (Wildman–Crippen LogP) is 4.59. The molecule has 0 spiro atoms. The molecule has 1 unspecified atom stereocenters. The quantitative estimate of drug-likeness (QED) is 0.271. The molecule has 13 heteroatoms. The number of sulfone groups is 1. The molecule has 0 aliphatic heterocycles. The van der Waals surface area contributed by atoms with Crippen LogP contribution < -0.4 is 15.0 Å². The molecule has 0 amide bonds. The smallest absolute Gasteiger partial charge is 0.321 e. The molecule has 4 aromatic rings. The van der Waals surface area contributed by atoms with E-state index in [1.54, 1.807) is 30.5 Å². The summed E-state index contributed by atoms with van der Waals surface area (Å²) in [5, 5.41) is -2.22. The van der Waals surface area contributed by atoms with Crippen molar-refractivity contribution in [3.05, 3.63) is 70.3 Å². The first-order valence-electron chi connectivity index (χ1n) is 10.9. The van der Waals surface area contributed by atoms with Crippen molar-refractivity contribution in [1.29, 1.82) is 0 Å². The van der Waals surface area contributed by atoms with E-state index in [2.05, 4.69) is 9.97 Å². The highest BCUT2D eigenvalue weighted by atomic mass is 32.2. The fourth-order valence-corrected chi connectivity index (χ4v) is 6.58. The Morgan fingerprint density at radius 1 is 1.11 bits per heavy atom. The largest absolute Gasteiger partial charge is 0.497 e. The van der Waals surface area contributed by atoms with Gasteiger partial charge in [0, 0.05) is 11.6 Å². The molecule has 196 valence electrons. The Kier molecular flexibility index (Phi) is 7.58. The molecule has 0 radical (unpaired) electrons. The van der Waals surface area contributed by atoms with E-state index >= 15 is 8.78 Å². The fraction of sp³-hybridized carbons (Fsp3) is 0.292. The van der Waals surface area contributed by atoms with E-state index in [-0.39, 0.29) is 21.8 Å². The number of fused-ring (bicyclic) bond motifs is 1. The van der Waals surface area contributed by atoms with Gasteiger partial charge >= 0.3 is 5.92 Å². The molecule has 0 saturated heterocycles. The monoisotopic (exact) mass is 567 g/mol. The number of halogens is 2. The standard InChI is InChI=1S/C24H23F2N3O5S3/c1-14(37(31,32)17-8-6-5-7-9-17)24(25,26)22-28-20-19(27-23(35-4)36-20)21(30)29(22)13-15-10-11-16(33-2)12-18(15)34-3/h5-12,14H,13H2,1-4H3. The Bertz CT molecular complexity index is 1610. The summed E-state index contributed by atoms with van der Waals surface area (Å²) in [6, 6.07) is 11.7. The first-order valence-corrected chi connectivity index (χ1v) is 14.5. The minimum Gasteiger partial charge on any atom is -0.497 e. The van der Waals surface area contributed by atoms with Crippen molar-refractivity contribution in [2.24, 2.45) is 0 Å². The number of hydrogen-bond donors (Lipinski definition) is 0. The third-order valence-corrected chi connectivity index (χ3v) is 9.93. The van der Waals surface area contributed by atoms with Gasteiger partial charge in [-0.2, -0.15) is 8.78 Å². The van der Waals surface area contributed by atoms with Crippen molar-refractivity contribution in [1.82, 2.24) is 14.5 Å².